The van der Waals surface area contributed by atoms with Crippen molar-refractivity contribution in [2.75, 3.05) is 5.32 Å². The zero-order valence-electron chi connectivity index (χ0n) is 15.1. The molecule has 0 saturated carbocycles. The van der Waals surface area contributed by atoms with E-state index in [1.54, 1.807) is 18.5 Å². The SMILES string of the molecule is Cc1ccc(-c2csc(NC(=O)CCc3nc(-c4cccnc4)no3)n2)cc1. The number of anilines is 1. The van der Waals surface area contributed by atoms with E-state index in [1.165, 1.54) is 16.9 Å². The van der Waals surface area contributed by atoms with Gasteiger partial charge in [-0.05, 0) is 19.1 Å². The number of benzene rings is 1. The van der Waals surface area contributed by atoms with E-state index in [4.69, 9.17) is 4.52 Å². The van der Waals surface area contributed by atoms with Gasteiger partial charge in [0.2, 0.25) is 17.6 Å². The van der Waals surface area contributed by atoms with Gasteiger partial charge in [0, 0.05) is 41.7 Å². The number of rotatable bonds is 6. The first-order valence-corrected chi connectivity index (χ1v) is 9.61. The van der Waals surface area contributed by atoms with Gasteiger partial charge >= 0.3 is 0 Å². The second-order valence-corrected chi connectivity index (χ2v) is 7.06. The van der Waals surface area contributed by atoms with Crippen LogP contribution in [0.5, 0.6) is 0 Å². The van der Waals surface area contributed by atoms with Gasteiger partial charge in [0.1, 0.15) is 0 Å². The summed E-state index contributed by atoms with van der Waals surface area (Å²) in [5, 5.41) is 9.24. The molecule has 0 bridgehead atoms. The number of amides is 1. The predicted molar refractivity (Wildman–Crippen MR) is 107 cm³/mol. The minimum Gasteiger partial charge on any atom is -0.339 e. The Balaban J connectivity index is 1.33. The first-order valence-electron chi connectivity index (χ1n) is 8.73. The average molecular weight is 391 g/mol. The van der Waals surface area contributed by atoms with Crippen molar-refractivity contribution in [3.05, 3.63) is 65.6 Å². The van der Waals surface area contributed by atoms with E-state index in [2.05, 4.69) is 25.4 Å². The Morgan fingerprint density at radius 1 is 1.14 bits per heavy atom. The van der Waals surface area contributed by atoms with Gasteiger partial charge in [0.25, 0.3) is 0 Å². The lowest BCUT2D eigenvalue weighted by atomic mass is 10.1. The maximum atomic E-state index is 12.2. The minimum atomic E-state index is -0.147. The molecule has 140 valence electrons. The van der Waals surface area contributed by atoms with Gasteiger partial charge < -0.3 is 9.84 Å². The topological polar surface area (TPSA) is 93.8 Å². The van der Waals surface area contributed by atoms with Gasteiger partial charge in [0.05, 0.1) is 5.69 Å². The lowest BCUT2D eigenvalue weighted by molar-refractivity contribution is -0.116. The molecule has 0 fully saturated rings. The third-order valence-corrected chi connectivity index (χ3v) is 4.81. The predicted octanol–water partition coefficient (Wildman–Crippen LogP) is 4.13. The van der Waals surface area contributed by atoms with Crippen LogP contribution in [0, 0.1) is 6.92 Å². The van der Waals surface area contributed by atoms with Crippen LogP contribution in [0.4, 0.5) is 5.13 Å². The van der Waals surface area contributed by atoms with Crippen LogP contribution in [-0.2, 0) is 11.2 Å². The second-order valence-electron chi connectivity index (χ2n) is 6.21. The van der Waals surface area contributed by atoms with Crippen LogP contribution in [0.3, 0.4) is 0 Å². The van der Waals surface area contributed by atoms with Crippen LogP contribution < -0.4 is 5.32 Å². The number of carbonyl (C=O) groups is 1. The Kier molecular flexibility index (Phi) is 5.20. The van der Waals surface area contributed by atoms with E-state index in [1.807, 2.05) is 42.6 Å². The third-order valence-electron chi connectivity index (χ3n) is 4.05. The quantitative estimate of drug-likeness (QED) is 0.531. The van der Waals surface area contributed by atoms with E-state index >= 15 is 0 Å². The standard InChI is InChI=1S/C20H17N5O2S/c1-13-4-6-14(7-5-13)16-12-28-20(22-16)23-17(26)8-9-18-24-19(25-27-18)15-3-2-10-21-11-15/h2-7,10-12H,8-9H2,1H3,(H,22,23,26). The lowest BCUT2D eigenvalue weighted by Crippen LogP contribution is -2.12. The summed E-state index contributed by atoms with van der Waals surface area (Å²) in [6.45, 7) is 2.04. The highest BCUT2D eigenvalue weighted by Gasteiger charge is 2.12. The fourth-order valence-electron chi connectivity index (χ4n) is 2.56. The molecule has 4 rings (SSSR count). The second kappa shape index (κ2) is 8.10. The molecule has 0 atom stereocenters. The molecule has 1 N–H and O–H groups in total. The summed E-state index contributed by atoms with van der Waals surface area (Å²) in [4.78, 5) is 25.0. The highest BCUT2D eigenvalue weighted by atomic mass is 32.1. The van der Waals surface area contributed by atoms with Crippen LogP contribution >= 0.6 is 11.3 Å². The van der Waals surface area contributed by atoms with Crippen LogP contribution in [0.15, 0.2) is 58.7 Å². The summed E-state index contributed by atoms with van der Waals surface area (Å²) < 4.78 is 5.21. The molecule has 28 heavy (non-hydrogen) atoms. The number of carbonyl (C=O) groups excluding carboxylic acids is 1. The number of pyridine rings is 1. The Morgan fingerprint density at radius 3 is 2.79 bits per heavy atom. The normalized spacial score (nSPS) is 10.8. The van der Waals surface area contributed by atoms with E-state index in [0.29, 0.717) is 23.3 Å². The van der Waals surface area contributed by atoms with E-state index in [9.17, 15) is 4.79 Å². The maximum absolute atomic E-state index is 12.2. The van der Waals surface area contributed by atoms with Crippen molar-refractivity contribution < 1.29 is 9.32 Å². The summed E-state index contributed by atoms with van der Waals surface area (Å²) in [6.07, 6.45) is 3.93. The van der Waals surface area contributed by atoms with Gasteiger partial charge in [-0.25, -0.2) is 4.98 Å². The number of hydrogen-bond acceptors (Lipinski definition) is 7. The number of aryl methyl sites for hydroxylation is 2. The molecule has 8 heteroatoms. The number of aromatic nitrogens is 4. The number of hydrogen-bond donors (Lipinski definition) is 1. The number of thiazole rings is 1. The van der Waals surface area contributed by atoms with Crippen LogP contribution in [-0.4, -0.2) is 26.0 Å². The Hall–Kier alpha value is -3.39. The summed E-state index contributed by atoms with van der Waals surface area (Å²) in [6, 6.07) is 11.8. The van der Waals surface area contributed by atoms with Gasteiger partial charge in [0.15, 0.2) is 5.13 Å². The summed E-state index contributed by atoms with van der Waals surface area (Å²) in [7, 11) is 0. The molecule has 3 aromatic heterocycles. The maximum Gasteiger partial charge on any atom is 0.227 e. The van der Waals surface area contributed by atoms with Gasteiger partial charge in [-0.15, -0.1) is 11.3 Å². The molecular formula is C20H17N5O2S. The van der Waals surface area contributed by atoms with Crippen molar-refractivity contribution >= 4 is 22.4 Å². The molecule has 1 amide bonds. The Morgan fingerprint density at radius 2 is 2.00 bits per heavy atom. The molecule has 0 spiro atoms. The summed E-state index contributed by atoms with van der Waals surface area (Å²) in [5.41, 5.74) is 3.84. The highest BCUT2D eigenvalue weighted by Crippen LogP contribution is 2.25. The van der Waals surface area contributed by atoms with Crippen LogP contribution in [0.1, 0.15) is 17.9 Å². The molecule has 0 aliphatic rings. The first kappa shape index (κ1) is 18.0. The number of nitrogens with zero attached hydrogens (tertiary/aromatic N) is 4. The fourth-order valence-corrected chi connectivity index (χ4v) is 3.29. The van der Waals surface area contributed by atoms with Crippen molar-refractivity contribution in [3.8, 4) is 22.6 Å². The zero-order valence-corrected chi connectivity index (χ0v) is 15.9. The number of nitrogens with one attached hydrogen (secondary N) is 1. The molecule has 0 aliphatic heterocycles. The molecular weight excluding hydrogens is 374 g/mol. The van der Waals surface area contributed by atoms with Crippen molar-refractivity contribution in [1.82, 2.24) is 20.1 Å². The van der Waals surface area contributed by atoms with Crippen LogP contribution in [0.25, 0.3) is 22.6 Å². The fraction of sp³-hybridized carbons (Fsp3) is 0.150. The Bertz CT molecular complexity index is 1070. The molecule has 4 aromatic rings. The van der Waals surface area contributed by atoms with Crippen molar-refractivity contribution in [2.45, 2.75) is 19.8 Å². The summed E-state index contributed by atoms with van der Waals surface area (Å²) in [5.74, 6) is 0.727. The first-order chi connectivity index (χ1) is 13.7. The largest absolute Gasteiger partial charge is 0.339 e. The monoisotopic (exact) mass is 391 g/mol. The molecule has 3 heterocycles. The van der Waals surface area contributed by atoms with E-state index in [-0.39, 0.29) is 12.3 Å². The zero-order chi connectivity index (χ0) is 19.3. The van der Waals surface area contributed by atoms with Crippen molar-refractivity contribution in [1.29, 1.82) is 0 Å². The molecule has 0 saturated heterocycles. The third kappa shape index (κ3) is 4.29. The Labute approximate surface area is 165 Å². The minimum absolute atomic E-state index is 0.147. The van der Waals surface area contributed by atoms with Crippen molar-refractivity contribution in [2.24, 2.45) is 0 Å². The molecule has 0 aliphatic carbocycles. The summed E-state index contributed by atoms with van der Waals surface area (Å²) >= 11 is 1.40. The average Bonchev–Trinajstić information content (AvgIpc) is 3.37. The molecule has 1 aromatic carbocycles. The van der Waals surface area contributed by atoms with Crippen molar-refractivity contribution in [3.63, 3.8) is 0 Å². The van der Waals surface area contributed by atoms with Gasteiger partial charge in [-0.3, -0.25) is 9.78 Å². The smallest absolute Gasteiger partial charge is 0.227 e. The molecule has 7 nitrogen and oxygen atoms in total. The van der Waals surface area contributed by atoms with Gasteiger partial charge in [-0.1, -0.05) is 35.0 Å². The highest BCUT2D eigenvalue weighted by molar-refractivity contribution is 7.14. The van der Waals surface area contributed by atoms with Gasteiger partial charge in [-0.2, -0.15) is 4.98 Å². The lowest BCUT2D eigenvalue weighted by Gasteiger charge is -2.00. The van der Waals surface area contributed by atoms with E-state index in [0.717, 1.165) is 16.8 Å². The van der Waals surface area contributed by atoms with E-state index < -0.39 is 0 Å². The van der Waals surface area contributed by atoms with Crippen LogP contribution in [0.2, 0.25) is 0 Å². The molecule has 0 radical (unpaired) electrons. The molecule has 0 unspecified atom stereocenters.